The fourth-order valence-corrected chi connectivity index (χ4v) is 4.44. The molecule has 2 aromatic rings. The molecule has 0 saturated heterocycles. The van der Waals surface area contributed by atoms with Crippen molar-refractivity contribution in [2.45, 2.75) is 72.9 Å². The summed E-state index contributed by atoms with van der Waals surface area (Å²) in [6, 6.07) is 3.84. The molecule has 4 N–H and O–H groups in total. The molecule has 0 fully saturated rings. The molecule has 0 aliphatic carbocycles. The normalized spacial score (nSPS) is 14.8. The molecule has 0 saturated carbocycles. The summed E-state index contributed by atoms with van der Waals surface area (Å²) < 4.78 is 244. The van der Waals surface area contributed by atoms with Crippen molar-refractivity contribution in [2.24, 2.45) is 0 Å². The van der Waals surface area contributed by atoms with Gasteiger partial charge in [0.25, 0.3) is 0 Å². The van der Waals surface area contributed by atoms with Crippen molar-refractivity contribution in [3.8, 4) is 11.1 Å². The zero-order valence-corrected chi connectivity index (χ0v) is 27.5. The van der Waals surface area contributed by atoms with Gasteiger partial charge in [-0.1, -0.05) is 12.1 Å². The van der Waals surface area contributed by atoms with Crippen LogP contribution in [0, 0.1) is 0 Å². The maximum atomic E-state index is 13.8. The standard InChI is InChI=1S/C30H20F18O10/c31-23(32,25(35,36)27(39,40)29(43,44)45)7-13(49)9-57-21(55)15-3-1-11(5-17(15)19(51)52)12-2-4-16(18(6-12)20(53)54)22(56)58-10-14(50)8-24(33,34)26(37,38)28(41,42)30(46,47)48/h1-6,13-14,49-50H,7-10H2,(H,51,52)(H,53,54). The fourth-order valence-electron chi connectivity index (χ4n) is 4.44. The van der Waals surface area contributed by atoms with Crippen molar-refractivity contribution in [3.05, 3.63) is 58.7 Å². The first-order valence-corrected chi connectivity index (χ1v) is 14.7. The first-order valence-electron chi connectivity index (χ1n) is 14.7. The molecule has 28 heteroatoms. The van der Waals surface area contributed by atoms with Crippen LogP contribution in [0.25, 0.3) is 11.1 Å². The Hall–Kier alpha value is -5.02. The topological polar surface area (TPSA) is 168 Å². The summed E-state index contributed by atoms with van der Waals surface area (Å²) in [5.74, 6) is -49.2. The van der Waals surface area contributed by atoms with E-state index >= 15 is 0 Å². The quantitative estimate of drug-likeness (QED) is 0.0923. The van der Waals surface area contributed by atoms with Crippen LogP contribution in [0.15, 0.2) is 36.4 Å². The largest absolute Gasteiger partial charge is 0.478 e. The lowest BCUT2D eigenvalue weighted by Crippen LogP contribution is -2.61. The fraction of sp³-hybridized carbons (Fsp3) is 0.467. The highest BCUT2D eigenvalue weighted by atomic mass is 19.4. The average molecular weight is 882 g/mol. The molecule has 10 nitrogen and oxygen atoms in total. The highest BCUT2D eigenvalue weighted by Gasteiger charge is 2.82. The highest BCUT2D eigenvalue weighted by Crippen LogP contribution is 2.55. The van der Waals surface area contributed by atoms with Crippen molar-refractivity contribution >= 4 is 23.9 Å². The molecule has 58 heavy (non-hydrogen) atoms. The molecule has 0 heterocycles. The summed E-state index contributed by atoms with van der Waals surface area (Å²) in [6.07, 6.45) is -26.2. The molecule has 0 aliphatic rings. The van der Waals surface area contributed by atoms with Crippen molar-refractivity contribution in [3.63, 3.8) is 0 Å². The van der Waals surface area contributed by atoms with Crippen LogP contribution >= 0.6 is 0 Å². The summed E-state index contributed by atoms with van der Waals surface area (Å²) in [4.78, 5) is 48.6. The van der Waals surface area contributed by atoms with Gasteiger partial charge in [-0.25, -0.2) is 19.2 Å². The molecule has 0 aromatic heterocycles. The van der Waals surface area contributed by atoms with Crippen LogP contribution < -0.4 is 0 Å². The van der Waals surface area contributed by atoms with Gasteiger partial charge in [-0.3, -0.25) is 0 Å². The van der Waals surface area contributed by atoms with Crippen LogP contribution in [0.2, 0.25) is 0 Å². The number of carboxylic acid groups (broad SMARTS) is 2. The Morgan fingerprint density at radius 1 is 0.466 bits per heavy atom. The maximum Gasteiger partial charge on any atom is 0.460 e. The lowest BCUT2D eigenvalue weighted by atomic mass is 9.95. The maximum absolute atomic E-state index is 13.8. The van der Waals surface area contributed by atoms with E-state index in [9.17, 15) is 119 Å². The number of hydrogen-bond donors (Lipinski definition) is 4. The molecule has 0 spiro atoms. The number of alkyl halides is 18. The molecular weight excluding hydrogens is 862 g/mol. The van der Waals surface area contributed by atoms with Gasteiger partial charge >= 0.3 is 71.8 Å². The Morgan fingerprint density at radius 2 is 0.741 bits per heavy atom. The molecule has 2 aromatic carbocycles. The Morgan fingerprint density at radius 3 is 0.983 bits per heavy atom. The van der Waals surface area contributed by atoms with Crippen molar-refractivity contribution in [1.29, 1.82) is 0 Å². The summed E-state index contributed by atoms with van der Waals surface area (Å²) in [5.41, 5.74) is -4.98. The van der Waals surface area contributed by atoms with E-state index in [4.69, 9.17) is 0 Å². The van der Waals surface area contributed by atoms with E-state index in [1.165, 1.54) is 0 Å². The number of aromatic carboxylic acids is 2. The number of carbonyl (C=O) groups excluding carboxylic acids is 2. The third kappa shape index (κ3) is 9.63. The highest BCUT2D eigenvalue weighted by molar-refractivity contribution is 6.05. The van der Waals surface area contributed by atoms with Gasteiger partial charge in [0.2, 0.25) is 0 Å². The Balaban J connectivity index is 2.27. The molecule has 0 radical (unpaired) electrons. The molecule has 326 valence electrons. The third-order valence-electron chi connectivity index (χ3n) is 7.49. The van der Waals surface area contributed by atoms with Crippen LogP contribution in [-0.4, -0.2) is 118 Å². The van der Waals surface area contributed by atoms with Crippen LogP contribution in [0.4, 0.5) is 79.0 Å². The lowest BCUT2D eigenvalue weighted by Gasteiger charge is -2.34. The zero-order chi connectivity index (χ0) is 45.4. The van der Waals surface area contributed by atoms with Gasteiger partial charge < -0.3 is 29.9 Å². The Labute approximate surface area is 308 Å². The number of esters is 2. The van der Waals surface area contributed by atoms with Crippen molar-refractivity contribution in [1.82, 2.24) is 0 Å². The number of aliphatic hydroxyl groups is 2. The summed E-state index contributed by atoms with van der Waals surface area (Å²) in [5, 5.41) is 38.2. The minimum atomic E-state index is -7.30. The van der Waals surface area contributed by atoms with Gasteiger partial charge in [0.05, 0.1) is 34.5 Å². The number of benzene rings is 2. The van der Waals surface area contributed by atoms with Crippen LogP contribution in [0.3, 0.4) is 0 Å². The first-order chi connectivity index (χ1) is 25.9. The van der Waals surface area contributed by atoms with Gasteiger partial charge in [0.1, 0.15) is 13.2 Å². The number of carbonyl (C=O) groups is 4. The number of ether oxygens (including phenoxy) is 2. The van der Waals surface area contributed by atoms with Crippen LogP contribution in [0.5, 0.6) is 0 Å². The second kappa shape index (κ2) is 16.3. The Kier molecular flexibility index (Phi) is 13.8. The van der Waals surface area contributed by atoms with E-state index in [0.29, 0.717) is 24.3 Å². The summed E-state index contributed by atoms with van der Waals surface area (Å²) in [6.45, 7) is -3.63. The second-order valence-corrected chi connectivity index (χ2v) is 11.7. The predicted molar refractivity (Wildman–Crippen MR) is 149 cm³/mol. The lowest BCUT2D eigenvalue weighted by molar-refractivity contribution is -0.398. The van der Waals surface area contributed by atoms with E-state index < -0.39 is 132 Å². The molecule has 2 unspecified atom stereocenters. The molecule has 2 atom stereocenters. The number of rotatable bonds is 17. The third-order valence-corrected chi connectivity index (χ3v) is 7.49. The Bertz CT molecular complexity index is 1740. The number of halogens is 18. The summed E-state index contributed by atoms with van der Waals surface area (Å²) in [7, 11) is 0. The first kappa shape index (κ1) is 49.1. The van der Waals surface area contributed by atoms with Gasteiger partial charge in [-0.2, -0.15) is 79.0 Å². The van der Waals surface area contributed by atoms with E-state index in [0.717, 1.165) is 12.1 Å². The van der Waals surface area contributed by atoms with E-state index in [-0.39, 0.29) is 11.1 Å². The second-order valence-electron chi connectivity index (χ2n) is 11.7. The van der Waals surface area contributed by atoms with Gasteiger partial charge in [0.15, 0.2) is 0 Å². The van der Waals surface area contributed by atoms with Crippen molar-refractivity contribution < 1.29 is 128 Å². The summed E-state index contributed by atoms with van der Waals surface area (Å²) >= 11 is 0. The molecule has 2 rings (SSSR count). The van der Waals surface area contributed by atoms with Gasteiger partial charge in [-0.15, -0.1) is 0 Å². The SMILES string of the molecule is O=C(O)c1cc(-c2ccc(C(=O)OCC(O)CC(F)(F)C(F)(F)C(F)(F)C(F)(F)F)c(C(=O)O)c2)ccc1C(=O)OCC(O)CC(F)(F)C(F)(F)C(F)(F)C(F)(F)F. The predicted octanol–water partition coefficient (Wildman–Crippen LogP) is 7.50. The molecule has 0 amide bonds. The van der Waals surface area contributed by atoms with E-state index in [1.54, 1.807) is 0 Å². The van der Waals surface area contributed by atoms with Crippen LogP contribution in [0.1, 0.15) is 54.3 Å². The van der Waals surface area contributed by atoms with Crippen LogP contribution in [-0.2, 0) is 9.47 Å². The average Bonchev–Trinajstić information content (AvgIpc) is 3.07. The zero-order valence-electron chi connectivity index (χ0n) is 27.5. The molecule has 0 bridgehead atoms. The molecule has 0 aliphatic heterocycles. The van der Waals surface area contributed by atoms with Gasteiger partial charge in [0, 0.05) is 12.8 Å². The number of carboxylic acids is 2. The number of aliphatic hydroxyl groups excluding tert-OH is 2. The van der Waals surface area contributed by atoms with Crippen molar-refractivity contribution in [2.75, 3.05) is 13.2 Å². The van der Waals surface area contributed by atoms with Gasteiger partial charge in [-0.05, 0) is 35.4 Å². The number of hydrogen-bond acceptors (Lipinski definition) is 8. The van der Waals surface area contributed by atoms with E-state index in [1.807, 2.05) is 0 Å². The minimum absolute atomic E-state index is 0.363. The molecular formula is C30H20F18O10. The minimum Gasteiger partial charge on any atom is -0.478 e. The monoisotopic (exact) mass is 882 g/mol. The smallest absolute Gasteiger partial charge is 0.460 e. The van der Waals surface area contributed by atoms with E-state index in [2.05, 4.69) is 9.47 Å².